The van der Waals surface area contributed by atoms with Crippen LogP contribution in [-0.4, -0.2) is 26.3 Å². The van der Waals surface area contributed by atoms with Crippen LogP contribution in [0.25, 0.3) is 11.4 Å². The maximum absolute atomic E-state index is 12.6. The second-order valence-electron chi connectivity index (χ2n) is 7.38. The highest BCUT2D eigenvalue weighted by atomic mass is 32.2. The lowest BCUT2D eigenvalue weighted by Crippen LogP contribution is -2.22. The lowest BCUT2D eigenvalue weighted by atomic mass is 10.1. The van der Waals surface area contributed by atoms with Crippen molar-refractivity contribution >= 4 is 23.4 Å². The van der Waals surface area contributed by atoms with Gasteiger partial charge in [0.1, 0.15) is 12.4 Å². The Hall–Kier alpha value is -3.58. The predicted molar refractivity (Wildman–Crippen MR) is 128 cm³/mol. The molecule has 0 radical (unpaired) electrons. The highest BCUT2D eigenvalue weighted by Crippen LogP contribution is 2.24. The molecule has 0 aliphatic rings. The lowest BCUT2D eigenvalue weighted by molar-refractivity contribution is -0.115. The van der Waals surface area contributed by atoms with Gasteiger partial charge >= 0.3 is 0 Å². The third-order valence-corrected chi connectivity index (χ3v) is 5.77. The van der Waals surface area contributed by atoms with Crippen LogP contribution in [0.1, 0.15) is 18.1 Å². The summed E-state index contributed by atoms with van der Waals surface area (Å²) in [4.78, 5) is 17.1. The molecule has 0 aliphatic carbocycles. The number of benzene rings is 3. The summed E-state index contributed by atoms with van der Waals surface area (Å²) in [6.07, 6.45) is 0. The average Bonchev–Trinajstić information content (AvgIpc) is 3.28. The van der Waals surface area contributed by atoms with E-state index < -0.39 is 0 Å². The molecule has 4 aromatic rings. The van der Waals surface area contributed by atoms with Crippen molar-refractivity contribution in [1.82, 2.24) is 15.2 Å². The number of nitrogens with one attached hydrogen (secondary N) is 2. The Morgan fingerprint density at radius 2 is 1.75 bits per heavy atom. The molecule has 2 N–H and O–H groups in total. The van der Waals surface area contributed by atoms with Gasteiger partial charge in [-0.1, -0.05) is 71.9 Å². The molecule has 7 heteroatoms. The molecule has 0 saturated heterocycles. The Labute approximate surface area is 191 Å². The van der Waals surface area contributed by atoms with Crippen LogP contribution < -0.4 is 10.1 Å². The van der Waals surface area contributed by atoms with Crippen molar-refractivity contribution in [2.24, 2.45) is 0 Å². The minimum atomic E-state index is -0.356. The largest absolute Gasteiger partial charge is 0.489 e. The fraction of sp³-hybridized carbons (Fsp3) is 0.160. The van der Waals surface area contributed by atoms with E-state index >= 15 is 0 Å². The maximum atomic E-state index is 12.6. The van der Waals surface area contributed by atoms with Gasteiger partial charge in [0.15, 0.2) is 5.82 Å². The van der Waals surface area contributed by atoms with Gasteiger partial charge in [0.05, 0.1) is 5.25 Å². The summed E-state index contributed by atoms with van der Waals surface area (Å²) in [7, 11) is 0. The molecule has 0 spiro atoms. The van der Waals surface area contributed by atoms with E-state index in [1.165, 1.54) is 17.3 Å². The van der Waals surface area contributed by atoms with E-state index in [0.29, 0.717) is 23.3 Å². The van der Waals surface area contributed by atoms with Crippen molar-refractivity contribution in [3.8, 4) is 17.1 Å². The van der Waals surface area contributed by atoms with Crippen molar-refractivity contribution in [1.29, 1.82) is 0 Å². The highest BCUT2D eigenvalue weighted by Gasteiger charge is 2.17. The van der Waals surface area contributed by atoms with Gasteiger partial charge < -0.3 is 10.1 Å². The molecular weight excluding hydrogens is 420 g/mol. The van der Waals surface area contributed by atoms with Crippen molar-refractivity contribution in [2.45, 2.75) is 30.9 Å². The number of hydrogen-bond donors (Lipinski definition) is 2. The molecule has 32 heavy (non-hydrogen) atoms. The number of carbonyl (C=O) groups excluding carboxylic acids is 1. The zero-order valence-corrected chi connectivity index (χ0v) is 18.7. The summed E-state index contributed by atoms with van der Waals surface area (Å²) in [5.74, 6) is 1.32. The molecule has 1 aromatic heterocycles. The minimum Gasteiger partial charge on any atom is -0.489 e. The van der Waals surface area contributed by atoms with Crippen molar-refractivity contribution in [3.63, 3.8) is 0 Å². The van der Waals surface area contributed by atoms with Crippen LogP contribution in [0.4, 0.5) is 5.69 Å². The van der Waals surface area contributed by atoms with E-state index in [1.54, 1.807) is 0 Å². The quantitative estimate of drug-likeness (QED) is 0.352. The van der Waals surface area contributed by atoms with Gasteiger partial charge in [-0.2, -0.15) is 0 Å². The number of thioether (sulfide) groups is 1. The van der Waals surface area contributed by atoms with Crippen LogP contribution in [0.15, 0.2) is 84.0 Å². The van der Waals surface area contributed by atoms with Gasteiger partial charge in [0.2, 0.25) is 11.1 Å². The van der Waals surface area contributed by atoms with Crippen LogP contribution in [0.5, 0.6) is 5.75 Å². The summed E-state index contributed by atoms with van der Waals surface area (Å²) in [6.45, 7) is 4.37. The molecule has 0 bridgehead atoms. The van der Waals surface area contributed by atoms with E-state index in [0.717, 1.165) is 16.9 Å². The van der Waals surface area contributed by atoms with Gasteiger partial charge in [0, 0.05) is 11.3 Å². The fourth-order valence-electron chi connectivity index (χ4n) is 2.97. The molecule has 0 aliphatic heterocycles. The molecule has 0 saturated carbocycles. The lowest BCUT2D eigenvalue weighted by Gasteiger charge is -2.11. The number of ether oxygens (including phenoxy) is 1. The van der Waals surface area contributed by atoms with Crippen LogP contribution in [0.2, 0.25) is 0 Å². The van der Waals surface area contributed by atoms with E-state index in [-0.39, 0.29) is 11.2 Å². The van der Waals surface area contributed by atoms with Crippen LogP contribution in [-0.2, 0) is 11.4 Å². The van der Waals surface area contributed by atoms with Gasteiger partial charge in [-0.25, -0.2) is 4.98 Å². The standard InChI is InChI=1S/C25H24N4O2S/c1-17-8-10-20(11-9-17)23-27-25(29-28-23)32-18(2)24(30)26-21-12-14-22(15-13-21)31-16-19-6-4-3-5-7-19/h3-15,18H,16H2,1-2H3,(H,26,30)(H,27,28,29)/t18-/m1/s1. The van der Waals surface area contributed by atoms with E-state index in [2.05, 4.69) is 20.5 Å². The molecule has 0 unspecified atom stereocenters. The van der Waals surface area contributed by atoms with Gasteiger partial charge in [-0.3, -0.25) is 9.89 Å². The molecular formula is C25H24N4O2S. The summed E-state index contributed by atoms with van der Waals surface area (Å²) < 4.78 is 5.79. The number of H-pyrrole nitrogens is 1. The number of nitrogens with zero attached hydrogens (tertiary/aromatic N) is 2. The van der Waals surface area contributed by atoms with Crippen LogP contribution in [0.3, 0.4) is 0 Å². The predicted octanol–water partition coefficient (Wildman–Crippen LogP) is 5.48. The van der Waals surface area contributed by atoms with Gasteiger partial charge in [-0.15, -0.1) is 5.10 Å². The normalized spacial score (nSPS) is 11.7. The Balaban J connectivity index is 1.29. The summed E-state index contributed by atoms with van der Waals surface area (Å²) >= 11 is 1.31. The Kier molecular flexibility index (Phi) is 6.87. The Morgan fingerprint density at radius 1 is 1.03 bits per heavy atom. The van der Waals surface area contributed by atoms with E-state index in [9.17, 15) is 4.79 Å². The summed E-state index contributed by atoms with van der Waals surface area (Å²) in [5.41, 5.74) is 3.96. The summed E-state index contributed by atoms with van der Waals surface area (Å²) in [5, 5.41) is 10.3. The number of aromatic amines is 1. The number of hydrogen-bond acceptors (Lipinski definition) is 5. The number of rotatable bonds is 8. The smallest absolute Gasteiger partial charge is 0.237 e. The van der Waals surface area contributed by atoms with Gasteiger partial charge in [0.25, 0.3) is 0 Å². The van der Waals surface area contributed by atoms with Crippen LogP contribution >= 0.6 is 11.8 Å². The third kappa shape index (κ3) is 5.76. The number of aromatic nitrogens is 3. The Bertz CT molecular complexity index is 1160. The molecule has 0 fully saturated rings. The highest BCUT2D eigenvalue weighted by molar-refractivity contribution is 8.00. The average molecular weight is 445 g/mol. The number of aryl methyl sites for hydroxylation is 1. The SMILES string of the molecule is Cc1ccc(-c2nc(S[C@H](C)C(=O)Nc3ccc(OCc4ccccc4)cc3)n[nH]2)cc1. The monoisotopic (exact) mass is 444 g/mol. The van der Waals surface area contributed by atoms with E-state index in [1.807, 2.05) is 92.7 Å². The first-order chi connectivity index (χ1) is 15.6. The van der Waals surface area contributed by atoms with E-state index in [4.69, 9.17) is 4.74 Å². The summed E-state index contributed by atoms with van der Waals surface area (Å²) in [6, 6.07) is 25.4. The zero-order valence-electron chi connectivity index (χ0n) is 17.9. The molecule has 6 nitrogen and oxygen atoms in total. The first kappa shape index (κ1) is 21.6. The molecule has 1 atom stereocenters. The molecule has 4 rings (SSSR count). The second-order valence-corrected chi connectivity index (χ2v) is 8.69. The number of amides is 1. The van der Waals surface area contributed by atoms with Crippen molar-refractivity contribution in [3.05, 3.63) is 90.0 Å². The molecule has 162 valence electrons. The van der Waals surface area contributed by atoms with Crippen molar-refractivity contribution in [2.75, 3.05) is 5.32 Å². The first-order valence-corrected chi connectivity index (χ1v) is 11.2. The topological polar surface area (TPSA) is 79.9 Å². The second kappa shape index (κ2) is 10.2. The number of carbonyl (C=O) groups is 1. The van der Waals surface area contributed by atoms with Gasteiger partial charge in [-0.05, 0) is 43.7 Å². The minimum absolute atomic E-state index is 0.116. The number of anilines is 1. The third-order valence-electron chi connectivity index (χ3n) is 4.81. The Morgan fingerprint density at radius 3 is 2.47 bits per heavy atom. The fourth-order valence-corrected chi connectivity index (χ4v) is 3.70. The molecule has 1 amide bonds. The maximum Gasteiger partial charge on any atom is 0.237 e. The first-order valence-electron chi connectivity index (χ1n) is 10.3. The zero-order chi connectivity index (χ0) is 22.3. The van der Waals surface area contributed by atoms with Crippen LogP contribution in [0, 0.1) is 6.92 Å². The molecule has 3 aromatic carbocycles. The molecule has 1 heterocycles. The van der Waals surface area contributed by atoms with Crippen molar-refractivity contribution < 1.29 is 9.53 Å².